The lowest BCUT2D eigenvalue weighted by Crippen LogP contribution is -2.27. The number of methoxy groups -OCH3 is 1. The second-order valence-electron chi connectivity index (χ2n) is 3.26. The van der Waals surface area contributed by atoms with Crippen LogP contribution in [0.4, 0.5) is 5.69 Å². The summed E-state index contributed by atoms with van der Waals surface area (Å²) in [4.78, 5) is 3.79. The lowest BCUT2D eigenvalue weighted by Gasteiger charge is -2.09. The number of nitrogens with zero attached hydrogens (tertiary/aromatic N) is 1. The van der Waals surface area contributed by atoms with Crippen molar-refractivity contribution in [1.82, 2.24) is 9.71 Å². The molecule has 8 heteroatoms. The number of hydrazine groups is 1. The molecule has 0 bridgehead atoms. The Morgan fingerprint density at radius 2 is 2.29 bits per heavy atom. The van der Waals surface area contributed by atoms with E-state index in [1.807, 2.05) is 0 Å². The number of ether oxygens (including phenoxy) is 1. The van der Waals surface area contributed by atoms with Crippen molar-refractivity contribution in [2.24, 2.45) is 5.84 Å². The van der Waals surface area contributed by atoms with Crippen molar-refractivity contribution < 1.29 is 13.2 Å². The van der Waals surface area contributed by atoms with E-state index in [4.69, 9.17) is 10.6 Å². The Bertz CT molecular complexity index is 449. The summed E-state index contributed by atoms with van der Waals surface area (Å²) in [7, 11) is -2.03. The number of nitrogen functional groups attached to an aromatic ring is 1. The summed E-state index contributed by atoms with van der Waals surface area (Å²) < 4.78 is 31.0. The van der Waals surface area contributed by atoms with Crippen LogP contribution in [0.15, 0.2) is 23.4 Å². The first-order valence-corrected chi connectivity index (χ1v) is 6.49. The highest BCUT2D eigenvalue weighted by Crippen LogP contribution is 2.17. The minimum Gasteiger partial charge on any atom is -0.385 e. The Kier molecular flexibility index (Phi) is 5.29. The predicted molar refractivity (Wildman–Crippen MR) is 63.7 cm³/mol. The highest BCUT2D eigenvalue weighted by molar-refractivity contribution is 7.89. The normalized spacial score (nSPS) is 11.4. The summed E-state index contributed by atoms with van der Waals surface area (Å²) in [6.45, 7) is 0.798. The molecule has 0 unspecified atom stereocenters. The molecule has 4 N–H and O–H groups in total. The maximum Gasteiger partial charge on any atom is 0.244 e. The van der Waals surface area contributed by atoms with Crippen molar-refractivity contribution >= 4 is 15.7 Å². The predicted octanol–water partition coefficient (Wildman–Crippen LogP) is -0.318. The van der Waals surface area contributed by atoms with Gasteiger partial charge in [0.2, 0.25) is 10.0 Å². The summed E-state index contributed by atoms with van der Waals surface area (Å²) in [5.74, 6) is 5.23. The number of anilines is 1. The maximum atomic E-state index is 11.9. The van der Waals surface area contributed by atoms with E-state index in [0.29, 0.717) is 25.3 Å². The van der Waals surface area contributed by atoms with Gasteiger partial charge in [-0.15, -0.1) is 0 Å². The standard InChI is InChI=1S/C9H16N4O3S/c1-16-6-2-4-12-17(14,15)9-7-11-5-3-8(9)13-10/h3,5,7,12H,2,4,6,10H2,1H3,(H,11,13). The summed E-state index contributed by atoms with van der Waals surface area (Å²) in [6, 6.07) is 1.49. The molecule has 0 aromatic carbocycles. The molecule has 0 fully saturated rings. The van der Waals surface area contributed by atoms with Gasteiger partial charge < -0.3 is 10.2 Å². The number of sulfonamides is 1. The third-order valence-corrected chi connectivity index (χ3v) is 3.54. The van der Waals surface area contributed by atoms with E-state index in [1.54, 1.807) is 7.11 Å². The fourth-order valence-corrected chi connectivity index (χ4v) is 2.40. The van der Waals surface area contributed by atoms with E-state index in [-0.39, 0.29) is 4.90 Å². The van der Waals surface area contributed by atoms with E-state index in [2.05, 4.69) is 15.1 Å². The van der Waals surface area contributed by atoms with Gasteiger partial charge in [0, 0.05) is 32.7 Å². The molecule has 96 valence electrons. The van der Waals surface area contributed by atoms with Crippen molar-refractivity contribution in [3.05, 3.63) is 18.5 Å². The van der Waals surface area contributed by atoms with Crippen LogP contribution in [0.25, 0.3) is 0 Å². The first-order valence-electron chi connectivity index (χ1n) is 5.01. The zero-order chi connectivity index (χ0) is 12.7. The Morgan fingerprint density at radius 3 is 2.94 bits per heavy atom. The van der Waals surface area contributed by atoms with E-state index in [9.17, 15) is 8.42 Å². The molecule has 0 saturated heterocycles. The molecule has 0 aliphatic heterocycles. The SMILES string of the molecule is COCCCNS(=O)(=O)c1cnccc1NN. The van der Waals surface area contributed by atoms with Gasteiger partial charge in [-0.05, 0) is 12.5 Å². The molecule has 0 aliphatic rings. The van der Waals surface area contributed by atoms with Crippen LogP contribution in [0.1, 0.15) is 6.42 Å². The molecular formula is C9H16N4O3S. The zero-order valence-corrected chi connectivity index (χ0v) is 10.3. The number of pyridine rings is 1. The second-order valence-corrected chi connectivity index (χ2v) is 5.00. The smallest absolute Gasteiger partial charge is 0.244 e. The molecular weight excluding hydrogens is 244 g/mol. The van der Waals surface area contributed by atoms with E-state index in [1.165, 1.54) is 18.5 Å². The van der Waals surface area contributed by atoms with Gasteiger partial charge >= 0.3 is 0 Å². The van der Waals surface area contributed by atoms with E-state index < -0.39 is 10.0 Å². The minimum absolute atomic E-state index is 0.0277. The molecule has 0 saturated carbocycles. The first kappa shape index (κ1) is 13.8. The lowest BCUT2D eigenvalue weighted by atomic mass is 10.4. The Labute approximate surface area is 100 Å². The molecule has 0 spiro atoms. The van der Waals surface area contributed by atoms with Crippen molar-refractivity contribution in [3.63, 3.8) is 0 Å². The van der Waals surface area contributed by atoms with Gasteiger partial charge in [-0.2, -0.15) is 0 Å². The highest BCUT2D eigenvalue weighted by Gasteiger charge is 2.17. The molecule has 0 amide bonds. The molecule has 1 aromatic rings. The molecule has 0 atom stereocenters. The largest absolute Gasteiger partial charge is 0.385 e. The van der Waals surface area contributed by atoms with Crippen LogP contribution in [-0.4, -0.2) is 33.7 Å². The zero-order valence-electron chi connectivity index (χ0n) is 9.51. The Hall–Kier alpha value is -1.22. The van der Waals surface area contributed by atoms with Crippen molar-refractivity contribution in [1.29, 1.82) is 0 Å². The van der Waals surface area contributed by atoms with Crippen LogP contribution >= 0.6 is 0 Å². The van der Waals surface area contributed by atoms with Gasteiger partial charge in [0.1, 0.15) is 4.90 Å². The Morgan fingerprint density at radius 1 is 1.53 bits per heavy atom. The molecule has 0 aliphatic carbocycles. The fourth-order valence-electron chi connectivity index (χ4n) is 1.21. The van der Waals surface area contributed by atoms with Crippen LogP contribution < -0.4 is 16.0 Å². The molecule has 1 rings (SSSR count). The summed E-state index contributed by atoms with van der Waals surface area (Å²) >= 11 is 0. The topological polar surface area (TPSA) is 106 Å². The summed E-state index contributed by atoms with van der Waals surface area (Å²) in [5, 5.41) is 0. The Balaban J connectivity index is 2.75. The van der Waals surface area contributed by atoms with Crippen molar-refractivity contribution in [2.75, 3.05) is 25.7 Å². The number of nitrogens with two attached hydrogens (primary N) is 1. The van der Waals surface area contributed by atoms with Crippen LogP contribution in [0.2, 0.25) is 0 Å². The van der Waals surface area contributed by atoms with Crippen LogP contribution in [-0.2, 0) is 14.8 Å². The molecule has 1 heterocycles. The van der Waals surface area contributed by atoms with Gasteiger partial charge in [0.05, 0.1) is 5.69 Å². The number of hydrogen-bond donors (Lipinski definition) is 3. The van der Waals surface area contributed by atoms with E-state index in [0.717, 1.165) is 0 Å². The average Bonchev–Trinajstić information content (AvgIpc) is 2.34. The quantitative estimate of drug-likeness (QED) is 0.352. The molecule has 0 radical (unpaired) electrons. The van der Waals surface area contributed by atoms with Crippen molar-refractivity contribution in [2.45, 2.75) is 11.3 Å². The second kappa shape index (κ2) is 6.50. The number of nitrogens with one attached hydrogen (secondary N) is 2. The average molecular weight is 260 g/mol. The summed E-state index contributed by atoms with van der Waals surface area (Å²) in [6.07, 6.45) is 3.30. The monoisotopic (exact) mass is 260 g/mol. The summed E-state index contributed by atoms with van der Waals surface area (Å²) in [5.41, 5.74) is 2.62. The molecule has 1 aromatic heterocycles. The van der Waals surface area contributed by atoms with Gasteiger partial charge in [-0.3, -0.25) is 10.8 Å². The van der Waals surface area contributed by atoms with Crippen molar-refractivity contribution in [3.8, 4) is 0 Å². The molecule has 7 nitrogen and oxygen atoms in total. The van der Waals surface area contributed by atoms with E-state index >= 15 is 0 Å². The number of aromatic nitrogens is 1. The van der Waals surface area contributed by atoms with Gasteiger partial charge in [-0.25, -0.2) is 13.1 Å². The van der Waals surface area contributed by atoms with Crippen LogP contribution in [0.3, 0.4) is 0 Å². The highest BCUT2D eigenvalue weighted by atomic mass is 32.2. The number of hydrogen-bond acceptors (Lipinski definition) is 6. The third kappa shape index (κ3) is 3.93. The van der Waals surface area contributed by atoms with Crippen LogP contribution in [0.5, 0.6) is 0 Å². The van der Waals surface area contributed by atoms with Gasteiger partial charge in [-0.1, -0.05) is 0 Å². The maximum absolute atomic E-state index is 11.9. The number of rotatable bonds is 7. The minimum atomic E-state index is -3.59. The fraction of sp³-hybridized carbons (Fsp3) is 0.444. The van der Waals surface area contributed by atoms with Crippen LogP contribution in [0, 0.1) is 0 Å². The van der Waals surface area contributed by atoms with Gasteiger partial charge in [0.25, 0.3) is 0 Å². The van der Waals surface area contributed by atoms with Gasteiger partial charge in [0.15, 0.2) is 0 Å². The molecule has 17 heavy (non-hydrogen) atoms. The lowest BCUT2D eigenvalue weighted by molar-refractivity contribution is 0.196. The third-order valence-electron chi connectivity index (χ3n) is 2.05. The first-order chi connectivity index (χ1) is 8.11.